The van der Waals surface area contributed by atoms with E-state index in [9.17, 15) is 22.2 Å². The number of alkyl halides is 3. The van der Waals surface area contributed by atoms with Gasteiger partial charge >= 0.3 is 6.18 Å². The predicted molar refractivity (Wildman–Crippen MR) is 81.5 cm³/mol. The standard InChI is InChI=1S/C13H14BrF3N2O2S/c1-11(2,3)22(21)19-12(13(15,16)17)8-5-4-7(14)6-9(8)18-10(12)20/h4-6,19H,1-3H3,(H,18,20)/t12?,22-/m1/s1. The van der Waals surface area contributed by atoms with E-state index in [0.29, 0.717) is 4.47 Å². The van der Waals surface area contributed by atoms with Crippen molar-refractivity contribution >= 4 is 38.5 Å². The molecule has 0 saturated carbocycles. The lowest BCUT2D eigenvalue weighted by Gasteiger charge is -2.33. The van der Waals surface area contributed by atoms with Gasteiger partial charge in [-0.15, -0.1) is 0 Å². The van der Waals surface area contributed by atoms with Crippen LogP contribution >= 0.6 is 15.9 Å². The van der Waals surface area contributed by atoms with Crippen LogP contribution in [0.1, 0.15) is 26.3 Å². The zero-order valence-electron chi connectivity index (χ0n) is 12.0. The molecule has 1 amide bonds. The molecule has 1 unspecified atom stereocenters. The van der Waals surface area contributed by atoms with Gasteiger partial charge in [0, 0.05) is 15.7 Å². The van der Waals surface area contributed by atoms with Gasteiger partial charge in [0.1, 0.15) is 0 Å². The summed E-state index contributed by atoms with van der Waals surface area (Å²) in [7, 11) is -2.09. The number of hydrogen-bond donors (Lipinski definition) is 2. The van der Waals surface area contributed by atoms with Crippen molar-refractivity contribution in [3.8, 4) is 0 Å². The van der Waals surface area contributed by atoms with Crippen molar-refractivity contribution in [2.45, 2.75) is 37.2 Å². The van der Waals surface area contributed by atoms with Crippen LogP contribution < -0.4 is 10.0 Å². The number of carbonyl (C=O) groups is 1. The molecule has 0 bridgehead atoms. The highest BCUT2D eigenvalue weighted by molar-refractivity contribution is 9.10. The van der Waals surface area contributed by atoms with Gasteiger partial charge in [-0.05, 0) is 32.9 Å². The minimum atomic E-state index is -4.95. The Hall–Kier alpha value is -0.930. The molecular formula is C13H14BrF3N2O2S. The average molecular weight is 399 g/mol. The number of nitrogens with one attached hydrogen (secondary N) is 2. The van der Waals surface area contributed by atoms with Crippen LogP contribution in [-0.2, 0) is 21.3 Å². The van der Waals surface area contributed by atoms with Gasteiger partial charge in [0.05, 0.1) is 15.7 Å². The molecule has 1 aliphatic heterocycles. The van der Waals surface area contributed by atoms with E-state index in [1.54, 1.807) is 0 Å². The second kappa shape index (κ2) is 5.31. The van der Waals surface area contributed by atoms with E-state index in [4.69, 9.17) is 0 Å². The maximum absolute atomic E-state index is 13.7. The molecule has 0 radical (unpaired) electrons. The van der Waals surface area contributed by atoms with Gasteiger partial charge in [0.15, 0.2) is 0 Å². The van der Waals surface area contributed by atoms with Crippen LogP contribution in [-0.4, -0.2) is 21.0 Å². The molecule has 9 heteroatoms. The maximum Gasteiger partial charge on any atom is 0.420 e. The second-order valence-corrected chi connectivity index (χ2v) is 8.76. The van der Waals surface area contributed by atoms with E-state index >= 15 is 0 Å². The van der Waals surface area contributed by atoms with Gasteiger partial charge in [-0.25, -0.2) is 8.93 Å². The van der Waals surface area contributed by atoms with Crippen LogP contribution in [0.2, 0.25) is 0 Å². The lowest BCUT2D eigenvalue weighted by Crippen LogP contribution is -2.60. The average Bonchev–Trinajstić information content (AvgIpc) is 2.60. The van der Waals surface area contributed by atoms with Gasteiger partial charge in [0.25, 0.3) is 5.91 Å². The molecule has 1 heterocycles. The number of anilines is 1. The fourth-order valence-corrected chi connectivity index (χ4v) is 3.28. The Bertz CT molecular complexity index is 658. The molecule has 2 N–H and O–H groups in total. The second-order valence-electron chi connectivity index (χ2n) is 5.87. The van der Waals surface area contributed by atoms with Gasteiger partial charge in [-0.3, -0.25) is 4.79 Å². The molecule has 1 aromatic carbocycles. The number of rotatable bonds is 2. The first-order valence-electron chi connectivity index (χ1n) is 6.27. The Morgan fingerprint density at radius 2 is 1.86 bits per heavy atom. The number of halogens is 4. The summed E-state index contributed by atoms with van der Waals surface area (Å²) in [5.41, 5.74) is -3.28. The summed E-state index contributed by atoms with van der Waals surface area (Å²) in [5.74, 6) is -1.29. The molecule has 22 heavy (non-hydrogen) atoms. The SMILES string of the molecule is CC(C)(C)[S@@](=O)NC1(C(F)(F)F)C(=O)Nc2cc(Br)ccc21. The zero-order valence-corrected chi connectivity index (χ0v) is 14.4. The van der Waals surface area contributed by atoms with Gasteiger partial charge in [-0.1, -0.05) is 22.0 Å². The minimum Gasteiger partial charge on any atom is -0.323 e. The zero-order chi connectivity index (χ0) is 16.9. The topological polar surface area (TPSA) is 58.2 Å². The molecular weight excluding hydrogens is 385 g/mol. The number of hydrogen-bond acceptors (Lipinski definition) is 2. The molecule has 1 aliphatic rings. The minimum absolute atomic E-state index is 0.0371. The third-order valence-corrected chi connectivity index (χ3v) is 5.30. The molecule has 2 rings (SSSR count). The van der Waals surface area contributed by atoms with Crippen LogP contribution in [0.3, 0.4) is 0 Å². The number of fused-ring (bicyclic) bond motifs is 1. The molecule has 1 aromatic rings. The lowest BCUT2D eigenvalue weighted by molar-refractivity contribution is -0.193. The Balaban J connectivity index is 2.63. The molecule has 0 aromatic heterocycles. The van der Waals surface area contributed by atoms with Gasteiger partial charge < -0.3 is 5.32 Å². The molecule has 2 atom stereocenters. The van der Waals surface area contributed by atoms with Crippen molar-refractivity contribution < 1.29 is 22.2 Å². The monoisotopic (exact) mass is 398 g/mol. The van der Waals surface area contributed by atoms with Gasteiger partial charge in [-0.2, -0.15) is 13.2 Å². The summed E-state index contributed by atoms with van der Waals surface area (Å²) >= 11 is 3.14. The van der Waals surface area contributed by atoms with Crippen molar-refractivity contribution in [3.05, 3.63) is 28.2 Å². The fraction of sp³-hybridized carbons (Fsp3) is 0.462. The summed E-state index contributed by atoms with van der Waals surface area (Å²) in [5, 5.41) is 2.21. The van der Waals surface area contributed by atoms with Crippen LogP contribution in [0.4, 0.5) is 18.9 Å². The van der Waals surface area contributed by atoms with E-state index < -0.39 is 33.4 Å². The Labute approximate surface area is 136 Å². The van der Waals surface area contributed by atoms with E-state index in [0.717, 1.165) is 0 Å². The highest BCUT2D eigenvalue weighted by atomic mass is 79.9. The van der Waals surface area contributed by atoms with Gasteiger partial charge in [0.2, 0.25) is 5.54 Å². The molecule has 0 fully saturated rings. The van der Waals surface area contributed by atoms with E-state index in [-0.39, 0.29) is 11.3 Å². The molecule has 122 valence electrons. The Morgan fingerprint density at radius 1 is 1.27 bits per heavy atom. The van der Waals surface area contributed by atoms with E-state index in [1.165, 1.54) is 39.0 Å². The molecule has 0 spiro atoms. The Kier molecular flexibility index (Phi) is 4.21. The third kappa shape index (κ3) is 2.69. The quantitative estimate of drug-likeness (QED) is 0.803. The van der Waals surface area contributed by atoms with Crippen molar-refractivity contribution in [2.75, 3.05) is 5.32 Å². The summed E-state index contributed by atoms with van der Waals surface area (Å²) in [6.45, 7) is 4.57. The molecule has 0 saturated heterocycles. The summed E-state index contributed by atoms with van der Waals surface area (Å²) in [6, 6.07) is 3.97. The predicted octanol–water partition coefficient (Wildman–Crippen LogP) is 3.21. The van der Waals surface area contributed by atoms with Crippen molar-refractivity contribution in [2.24, 2.45) is 0 Å². The lowest BCUT2D eigenvalue weighted by atomic mass is 9.92. The first-order valence-corrected chi connectivity index (χ1v) is 8.22. The highest BCUT2D eigenvalue weighted by Gasteiger charge is 2.66. The first-order chi connectivity index (χ1) is 9.89. The maximum atomic E-state index is 13.7. The highest BCUT2D eigenvalue weighted by Crippen LogP contribution is 2.48. The number of benzene rings is 1. The van der Waals surface area contributed by atoms with E-state index in [2.05, 4.69) is 21.2 Å². The number of carbonyl (C=O) groups excluding carboxylic acids is 1. The summed E-state index contributed by atoms with van der Waals surface area (Å²) < 4.78 is 55.0. The fourth-order valence-electron chi connectivity index (χ4n) is 2.02. The van der Waals surface area contributed by atoms with Crippen LogP contribution in [0, 0.1) is 0 Å². The first kappa shape index (κ1) is 17.4. The molecule has 4 nitrogen and oxygen atoms in total. The van der Waals surface area contributed by atoms with Crippen molar-refractivity contribution in [3.63, 3.8) is 0 Å². The molecule has 0 aliphatic carbocycles. The summed E-state index contributed by atoms with van der Waals surface area (Å²) in [4.78, 5) is 12.1. The Morgan fingerprint density at radius 3 is 2.36 bits per heavy atom. The van der Waals surface area contributed by atoms with E-state index in [1.807, 2.05) is 4.72 Å². The third-order valence-electron chi connectivity index (χ3n) is 3.20. The van der Waals surface area contributed by atoms with Crippen LogP contribution in [0.15, 0.2) is 22.7 Å². The normalized spacial score (nSPS) is 23.1. The van der Waals surface area contributed by atoms with Crippen molar-refractivity contribution in [1.29, 1.82) is 0 Å². The van der Waals surface area contributed by atoms with Crippen LogP contribution in [0.25, 0.3) is 0 Å². The number of amides is 1. The smallest absolute Gasteiger partial charge is 0.323 e. The summed E-state index contributed by atoms with van der Waals surface area (Å²) in [6.07, 6.45) is -4.95. The largest absolute Gasteiger partial charge is 0.420 e. The van der Waals surface area contributed by atoms with Crippen molar-refractivity contribution in [1.82, 2.24) is 4.72 Å². The van der Waals surface area contributed by atoms with Crippen LogP contribution in [0.5, 0.6) is 0 Å².